The summed E-state index contributed by atoms with van der Waals surface area (Å²) in [6.07, 6.45) is -2.41. The molecule has 0 fully saturated rings. The monoisotopic (exact) mass is 243 g/mol. The lowest BCUT2D eigenvalue weighted by molar-refractivity contribution is -0.274. The van der Waals surface area contributed by atoms with Gasteiger partial charge < -0.3 is 4.74 Å². The number of alkyl halides is 3. The molecular formula is C13H14F3O. The summed E-state index contributed by atoms with van der Waals surface area (Å²) < 4.78 is 40.4. The summed E-state index contributed by atoms with van der Waals surface area (Å²) in [5.41, 5.74) is 1.49. The lowest BCUT2D eigenvalue weighted by atomic mass is 9.98. The molecule has 1 rings (SSSR count). The van der Waals surface area contributed by atoms with E-state index in [-0.39, 0.29) is 5.75 Å². The number of hydrogen-bond acceptors (Lipinski definition) is 1. The van der Waals surface area contributed by atoms with Crippen LogP contribution in [0.1, 0.15) is 25.0 Å². The zero-order valence-electron chi connectivity index (χ0n) is 9.77. The van der Waals surface area contributed by atoms with Gasteiger partial charge in [-0.3, -0.25) is 0 Å². The van der Waals surface area contributed by atoms with Gasteiger partial charge in [-0.05, 0) is 29.7 Å². The van der Waals surface area contributed by atoms with E-state index in [0.29, 0.717) is 12.0 Å². The summed E-state index contributed by atoms with van der Waals surface area (Å²) in [6.45, 7) is 7.26. The van der Waals surface area contributed by atoms with Crippen LogP contribution in [0.3, 0.4) is 0 Å². The minimum absolute atomic E-state index is 0.187. The minimum Gasteiger partial charge on any atom is -0.406 e. The second kappa shape index (κ2) is 5.25. The highest BCUT2D eigenvalue weighted by Gasteiger charge is 2.31. The number of halogens is 3. The lowest BCUT2D eigenvalue weighted by Crippen LogP contribution is -2.17. The molecule has 0 aliphatic rings. The van der Waals surface area contributed by atoms with E-state index in [1.54, 1.807) is 13.0 Å². The Hall–Kier alpha value is -1.45. The van der Waals surface area contributed by atoms with Gasteiger partial charge >= 0.3 is 6.36 Å². The van der Waals surface area contributed by atoms with E-state index in [1.807, 2.05) is 13.0 Å². The average Bonchev–Trinajstić information content (AvgIpc) is 2.25. The molecule has 0 amide bonds. The molecule has 0 saturated heterocycles. The molecule has 93 valence electrons. The highest BCUT2D eigenvalue weighted by Crippen LogP contribution is 2.28. The molecule has 0 N–H and O–H groups in total. The van der Waals surface area contributed by atoms with E-state index in [4.69, 9.17) is 0 Å². The van der Waals surface area contributed by atoms with Gasteiger partial charge in [0.1, 0.15) is 5.75 Å². The van der Waals surface area contributed by atoms with Gasteiger partial charge in [0.2, 0.25) is 0 Å². The Labute approximate surface area is 98.9 Å². The maximum absolute atomic E-state index is 12.1. The molecule has 17 heavy (non-hydrogen) atoms. The fraction of sp³-hybridized carbons (Fsp3) is 0.308. The van der Waals surface area contributed by atoms with Crippen molar-refractivity contribution in [1.29, 1.82) is 0 Å². The number of benzene rings is 1. The Morgan fingerprint density at radius 2 is 2.00 bits per heavy atom. The Bertz CT molecular complexity index is 396. The first-order valence-electron chi connectivity index (χ1n) is 5.21. The van der Waals surface area contributed by atoms with E-state index < -0.39 is 6.36 Å². The van der Waals surface area contributed by atoms with Crippen molar-refractivity contribution in [2.45, 2.75) is 26.6 Å². The van der Waals surface area contributed by atoms with Crippen molar-refractivity contribution in [3.63, 3.8) is 0 Å². The van der Waals surface area contributed by atoms with Crippen LogP contribution < -0.4 is 4.74 Å². The second-order valence-electron chi connectivity index (χ2n) is 3.65. The Balaban J connectivity index is 3.09. The molecule has 0 bridgehead atoms. The first kappa shape index (κ1) is 13.6. The average molecular weight is 243 g/mol. The SMILES string of the molecule is C=C[C](C)c1cc(CC)cc(OC(F)(F)F)c1. The van der Waals surface area contributed by atoms with Crippen molar-refractivity contribution in [3.05, 3.63) is 47.9 Å². The van der Waals surface area contributed by atoms with E-state index in [1.165, 1.54) is 12.1 Å². The van der Waals surface area contributed by atoms with E-state index in [0.717, 1.165) is 11.5 Å². The summed E-state index contributed by atoms with van der Waals surface area (Å²) in [4.78, 5) is 0. The minimum atomic E-state index is -4.66. The number of ether oxygens (including phenoxy) is 1. The van der Waals surface area contributed by atoms with Crippen molar-refractivity contribution < 1.29 is 17.9 Å². The Morgan fingerprint density at radius 3 is 2.47 bits per heavy atom. The first-order chi connectivity index (χ1) is 7.85. The Morgan fingerprint density at radius 1 is 1.35 bits per heavy atom. The van der Waals surface area contributed by atoms with Crippen molar-refractivity contribution >= 4 is 0 Å². The first-order valence-corrected chi connectivity index (χ1v) is 5.21. The highest BCUT2D eigenvalue weighted by atomic mass is 19.4. The van der Waals surface area contributed by atoms with Crippen LogP contribution in [0.2, 0.25) is 0 Å². The summed E-state index contributed by atoms with van der Waals surface area (Å²) in [5.74, 6) is 0.625. The molecule has 4 heteroatoms. The number of allylic oxidation sites excluding steroid dienone is 1. The maximum Gasteiger partial charge on any atom is 0.573 e. The van der Waals surface area contributed by atoms with Crippen LogP contribution in [-0.2, 0) is 6.42 Å². The van der Waals surface area contributed by atoms with Crippen LogP contribution in [0.25, 0.3) is 0 Å². The fourth-order valence-corrected chi connectivity index (χ4v) is 1.40. The Kier molecular flexibility index (Phi) is 4.21. The van der Waals surface area contributed by atoms with Gasteiger partial charge in [-0.1, -0.05) is 26.0 Å². The third kappa shape index (κ3) is 4.13. The molecule has 1 radical (unpaired) electrons. The molecule has 0 saturated carbocycles. The van der Waals surface area contributed by atoms with Gasteiger partial charge in [0.25, 0.3) is 0 Å². The smallest absolute Gasteiger partial charge is 0.406 e. The zero-order valence-corrected chi connectivity index (χ0v) is 9.77. The number of rotatable bonds is 4. The van der Waals surface area contributed by atoms with E-state index >= 15 is 0 Å². The van der Waals surface area contributed by atoms with Crippen LogP contribution in [0.5, 0.6) is 5.75 Å². The molecule has 0 heterocycles. The lowest BCUT2D eigenvalue weighted by Gasteiger charge is -2.13. The van der Waals surface area contributed by atoms with Crippen molar-refractivity contribution in [2.24, 2.45) is 0 Å². The van der Waals surface area contributed by atoms with Crippen molar-refractivity contribution in [2.75, 3.05) is 0 Å². The van der Waals surface area contributed by atoms with Gasteiger partial charge in [0, 0.05) is 5.92 Å². The molecule has 0 aliphatic carbocycles. The second-order valence-corrected chi connectivity index (χ2v) is 3.65. The van der Waals surface area contributed by atoms with E-state index in [2.05, 4.69) is 11.3 Å². The third-order valence-electron chi connectivity index (χ3n) is 2.37. The van der Waals surface area contributed by atoms with Crippen LogP contribution in [0, 0.1) is 5.92 Å². The van der Waals surface area contributed by atoms with Gasteiger partial charge in [-0.25, -0.2) is 0 Å². The summed E-state index contributed by atoms with van der Waals surface area (Å²) in [6, 6.07) is 4.59. The molecule has 0 unspecified atom stereocenters. The van der Waals surface area contributed by atoms with Crippen molar-refractivity contribution in [1.82, 2.24) is 0 Å². The summed E-state index contributed by atoms with van der Waals surface area (Å²) in [7, 11) is 0. The maximum atomic E-state index is 12.1. The number of aryl methyl sites for hydroxylation is 1. The molecule has 0 aliphatic heterocycles. The van der Waals surface area contributed by atoms with Gasteiger partial charge in [-0.2, -0.15) is 0 Å². The predicted molar refractivity (Wildman–Crippen MR) is 60.7 cm³/mol. The molecule has 1 aromatic rings. The van der Waals surface area contributed by atoms with Gasteiger partial charge in [0.15, 0.2) is 0 Å². The largest absolute Gasteiger partial charge is 0.573 e. The molecule has 1 aromatic carbocycles. The summed E-state index contributed by atoms with van der Waals surface area (Å²) in [5, 5.41) is 0. The molecule has 0 aromatic heterocycles. The van der Waals surface area contributed by atoms with Crippen LogP contribution in [0.4, 0.5) is 13.2 Å². The predicted octanol–water partition coefficient (Wildman–Crippen LogP) is 4.28. The molecule has 0 atom stereocenters. The van der Waals surface area contributed by atoms with E-state index in [9.17, 15) is 13.2 Å². The summed E-state index contributed by atoms with van der Waals surface area (Å²) >= 11 is 0. The molecule has 1 nitrogen and oxygen atoms in total. The number of hydrogen-bond donors (Lipinski definition) is 0. The molecule has 0 spiro atoms. The quantitative estimate of drug-likeness (QED) is 0.767. The standard InChI is InChI=1S/C13H14F3O/c1-4-9(3)11-6-10(5-2)7-12(8-11)17-13(14,15)16/h4,6-8H,1,5H2,2-3H3. The third-order valence-corrected chi connectivity index (χ3v) is 2.37. The zero-order chi connectivity index (χ0) is 13.1. The van der Waals surface area contributed by atoms with Crippen LogP contribution in [-0.4, -0.2) is 6.36 Å². The normalized spacial score (nSPS) is 11.6. The van der Waals surface area contributed by atoms with Gasteiger partial charge in [0.05, 0.1) is 0 Å². The molecular weight excluding hydrogens is 229 g/mol. The topological polar surface area (TPSA) is 9.23 Å². The van der Waals surface area contributed by atoms with Crippen LogP contribution in [0.15, 0.2) is 30.9 Å². The van der Waals surface area contributed by atoms with Crippen molar-refractivity contribution in [3.8, 4) is 5.75 Å². The fourth-order valence-electron chi connectivity index (χ4n) is 1.40. The highest BCUT2D eigenvalue weighted by molar-refractivity contribution is 5.43. The van der Waals surface area contributed by atoms with Crippen LogP contribution >= 0.6 is 0 Å². The van der Waals surface area contributed by atoms with Gasteiger partial charge in [-0.15, -0.1) is 19.8 Å².